The average Bonchev–Trinajstić information content (AvgIpc) is 3.38. The van der Waals surface area contributed by atoms with Crippen LogP contribution in [0.4, 0.5) is 5.82 Å². The van der Waals surface area contributed by atoms with Gasteiger partial charge in [-0.1, -0.05) is 30.3 Å². The molecule has 6 nitrogen and oxygen atoms in total. The molecule has 6 heteroatoms. The van der Waals surface area contributed by atoms with E-state index in [4.69, 9.17) is 4.98 Å². The van der Waals surface area contributed by atoms with Gasteiger partial charge in [-0.15, -0.1) is 0 Å². The van der Waals surface area contributed by atoms with Gasteiger partial charge in [0, 0.05) is 44.1 Å². The van der Waals surface area contributed by atoms with E-state index in [1.807, 2.05) is 12.4 Å². The molecule has 1 saturated heterocycles. The third-order valence-electron chi connectivity index (χ3n) is 5.36. The number of fused-ring (bicyclic) bond motifs is 1. The number of piperidine rings is 1. The smallest absolute Gasteiger partial charge is 0.142 e. The molecule has 0 spiro atoms. The van der Waals surface area contributed by atoms with E-state index in [0.29, 0.717) is 5.92 Å². The molecule has 1 fully saturated rings. The van der Waals surface area contributed by atoms with Gasteiger partial charge in [0.05, 0.1) is 5.39 Å². The zero-order chi connectivity index (χ0) is 18.1. The molecule has 1 unspecified atom stereocenters. The largest absolute Gasteiger partial charge is 0.355 e. The lowest BCUT2D eigenvalue weighted by Crippen LogP contribution is -2.36. The third-order valence-corrected chi connectivity index (χ3v) is 5.36. The summed E-state index contributed by atoms with van der Waals surface area (Å²) in [6, 6.07) is 12.6. The minimum Gasteiger partial charge on any atom is -0.355 e. The summed E-state index contributed by atoms with van der Waals surface area (Å²) in [6.45, 7) is 2.82. The zero-order valence-electron chi connectivity index (χ0n) is 15.1. The fraction of sp³-hybridized carbons (Fsp3) is 0.286. The second-order valence-electron chi connectivity index (χ2n) is 7.12. The molecule has 0 bridgehead atoms. The summed E-state index contributed by atoms with van der Waals surface area (Å²) in [5.74, 6) is 2.59. The van der Waals surface area contributed by atoms with Crippen molar-refractivity contribution in [2.45, 2.75) is 25.3 Å². The highest BCUT2D eigenvalue weighted by molar-refractivity contribution is 5.87. The van der Waals surface area contributed by atoms with Gasteiger partial charge in [0.1, 0.15) is 23.6 Å². The highest BCUT2D eigenvalue weighted by Crippen LogP contribution is 2.31. The van der Waals surface area contributed by atoms with Crippen molar-refractivity contribution in [1.82, 2.24) is 24.5 Å². The predicted molar refractivity (Wildman–Crippen MR) is 106 cm³/mol. The quantitative estimate of drug-likeness (QED) is 0.606. The normalized spacial score (nSPS) is 17.5. The van der Waals surface area contributed by atoms with Crippen molar-refractivity contribution in [1.29, 1.82) is 0 Å². The van der Waals surface area contributed by atoms with Crippen molar-refractivity contribution in [2.24, 2.45) is 0 Å². The maximum Gasteiger partial charge on any atom is 0.142 e. The average molecular weight is 358 g/mol. The van der Waals surface area contributed by atoms with Crippen molar-refractivity contribution in [3.05, 3.63) is 72.7 Å². The molecular formula is C21H22N6. The minimum absolute atomic E-state index is 0.404. The van der Waals surface area contributed by atoms with Crippen LogP contribution in [0.2, 0.25) is 0 Å². The van der Waals surface area contributed by atoms with E-state index < -0.39 is 0 Å². The first-order chi connectivity index (χ1) is 13.4. The summed E-state index contributed by atoms with van der Waals surface area (Å²) in [6.07, 6.45) is 9.88. The molecule has 0 aliphatic carbocycles. The molecule has 27 heavy (non-hydrogen) atoms. The second-order valence-corrected chi connectivity index (χ2v) is 7.12. The van der Waals surface area contributed by atoms with E-state index in [0.717, 1.165) is 49.3 Å². The number of hydrogen-bond acceptors (Lipinski definition) is 4. The Hall–Kier alpha value is -3.15. The molecular weight excluding hydrogens is 336 g/mol. The van der Waals surface area contributed by atoms with E-state index in [2.05, 4.69) is 67.0 Å². The van der Waals surface area contributed by atoms with Crippen molar-refractivity contribution < 1.29 is 0 Å². The first kappa shape index (κ1) is 16.1. The highest BCUT2D eigenvalue weighted by Gasteiger charge is 2.26. The Morgan fingerprint density at radius 1 is 1.07 bits per heavy atom. The maximum absolute atomic E-state index is 4.71. The third kappa shape index (κ3) is 3.07. The summed E-state index contributed by atoms with van der Waals surface area (Å²) in [7, 11) is 0. The molecule has 5 rings (SSSR count). The van der Waals surface area contributed by atoms with Crippen LogP contribution in [0.25, 0.3) is 11.0 Å². The Kier molecular flexibility index (Phi) is 4.08. The number of rotatable bonds is 4. The molecule has 3 aromatic heterocycles. The Labute approximate surface area is 157 Å². The van der Waals surface area contributed by atoms with Gasteiger partial charge < -0.3 is 14.5 Å². The number of benzene rings is 1. The number of imidazole rings is 1. The Balaban J connectivity index is 1.41. The maximum atomic E-state index is 4.71. The van der Waals surface area contributed by atoms with Crippen molar-refractivity contribution in [2.75, 3.05) is 18.0 Å². The zero-order valence-corrected chi connectivity index (χ0v) is 15.1. The lowest BCUT2D eigenvalue weighted by atomic mass is 9.96. The Bertz CT molecular complexity index is 1030. The summed E-state index contributed by atoms with van der Waals surface area (Å²) >= 11 is 0. The van der Waals surface area contributed by atoms with Crippen LogP contribution in [0.3, 0.4) is 0 Å². The number of aromatic nitrogens is 5. The van der Waals surface area contributed by atoms with E-state index in [-0.39, 0.29) is 0 Å². The molecule has 4 aromatic rings. The first-order valence-corrected chi connectivity index (χ1v) is 9.46. The molecule has 4 heterocycles. The highest BCUT2D eigenvalue weighted by atomic mass is 15.2. The molecule has 0 radical (unpaired) electrons. The lowest BCUT2D eigenvalue weighted by Gasteiger charge is -2.33. The number of hydrogen-bond donors (Lipinski definition) is 1. The van der Waals surface area contributed by atoms with Gasteiger partial charge in [-0.05, 0) is 24.5 Å². The van der Waals surface area contributed by atoms with Crippen LogP contribution in [0.1, 0.15) is 30.1 Å². The van der Waals surface area contributed by atoms with Crippen LogP contribution in [-0.4, -0.2) is 37.6 Å². The molecule has 1 aromatic carbocycles. The van der Waals surface area contributed by atoms with E-state index in [9.17, 15) is 0 Å². The summed E-state index contributed by atoms with van der Waals surface area (Å²) in [5, 5.41) is 1.09. The number of H-pyrrole nitrogens is 1. The van der Waals surface area contributed by atoms with Crippen LogP contribution < -0.4 is 4.90 Å². The van der Waals surface area contributed by atoms with Crippen LogP contribution in [-0.2, 0) is 6.54 Å². The van der Waals surface area contributed by atoms with Crippen LogP contribution in [0, 0.1) is 0 Å². The molecule has 0 amide bonds. The van der Waals surface area contributed by atoms with Crippen molar-refractivity contribution >= 4 is 16.9 Å². The lowest BCUT2D eigenvalue weighted by molar-refractivity contribution is 0.475. The van der Waals surface area contributed by atoms with Gasteiger partial charge in [0.15, 0.2) is 0 Å². The van der Waals surface area contributed by atoms with Crippen LogP contribution in [0.5, 0.6) is 0 Å². The second kappa shape index (κ2) is 6.87. The van der Waals surface area contributed by atoms with Crippen LogP contribution in [0.15, 0.2) is 61.3 Å². The van der Waals surface area contributed by atoms with E-state index in [1.165, 1.54) is 11.4 Å². The summed E-state index contributed by atoms with van der Waals surface area (Å²) in [5.41, 5.74) is 2.20. The van der Waals surface area contributed by atoms with Gasteiger partial charge in [-0.2, -0.15) is 0 Å². The van der Waals surface area contributed by atoms with Crippen molar-refractivity contribution in [3.63, 3.8) is 0 Å². The number of aromatic amines is 1. The van der Waals surface area contributed by atoms with E-state index in [1.54, 1.807) is 6.33 Å². The standard InChI is InChI=1S/C21H22N6/c1-2-5-16(6-3-1)13-27-12-10-23-20(27)17-7-4-11-26(14-17)21-18-8-9-22-19(18)24-15-25-21/h1-3,5-6,8-10,12,15,17H,4,7,11,13-14H2,(H,22,24,25). The van der Waals surface area contributed by atoms with Gasteiger partial charge in [0.2, 0.25) is 0 Å². The topological polar surface area (TPSA) is 62.6 Å². The van der Waals surface area contributed by atoms with Gasteiger partial charge in [-0.25, -0.2) is 15.0 Å². The first-order valence-electron chi connectivity index (χ1n) is 9.46. The molecule has 0 saturated carbocycles. The SMILES string of the molecule is c1ccc(Cn2ccnc2C2CCCN(c3ncnc4[nH]ccc34)C2)cc1. The van der Waals surface area contributed by atoms with Crippen LogP contribution >= 0.6 is 0 Å². The summed E-state index contributed by atoms with van der Waals surface area (Å²) in [4.78, 5) is 19.2. The fourth-order valence-electron chi connectivity index (χ4n) is 4.09. The molecule has 1 N–H and O–H groups in total. The van der Waals surface area contributed by atoms with Gasteiger partial charge >= 0.3 is 0 Å². The minimum atomic E-state index is 0.404. The number of anilines is 1. The molecule has 1 aliphatic rings. The molecule has 1 atom stereocenters. The molecule has 1 aliphatic heterocycles. The van der Waals surface area contributed by atoms with E-state index >= 15 is 0 Å². The van der Waals surface area contributed by atoms with Gasteiger partial charge in [0.25, 0.3) is 0 Å². The number of nitrogens with zero attached hydrogens (tertiary/aromatic N) is 5. The Morgan fingerprint density at radius 2 is 2.00 bits per heavy atom. The Morgan fingerprint density at radius 3 is 2.93 bits per heavy atom. The van der Waals surface area contributed by atoms with Gasteiger partial charge in [-0.3, -0.25) is 0 Å². The summed E-state index contributed by atoms with van der Waals surface area (Å²) < 4.78 is 2.29. The molecule has 136 valence electrons. The predicted octanol–water partition coefficient (Wildman–Crippen LogP) is 3.59. The number of nitrogens with one attached hydrogen (secondary N) is 1. The van der Waals surface area contributed by atoms with Crippen molar-refractivity contribution in [3.8, 4) is 0 Å². The fourth-order valence-corrected chi connectivity index (χ4v) is 4.09. The monoisotopic (exact) mass is 358 g/mol.